The first-order chi connectivity index (χ1) is 13.5. The summed E-state index contributed by atoms with van der Waals surface area (Å²) in [5.41, 5.74) is 3.02. The molecule has 0 radical (unpaired) electrons. The number of hydrogen-bond donors (Lipinski definition) is 0. The number of rotatable bonds is 6. The van der Waals surface area contributed by atoms with Gasteiger partial charge in [0.1, 0.15) is 11.5 Å². The van der Waals surface area contributed by atoms with Gasteiger partial charge in [-0.05, 0) is 37.1 Å². The molecule has 0 bridgehead atoms. The predicted molar refractivity (Wildman–Crippen MR) is 113 cm³/mol. The molecule has 1 saturated heterocycles. The molecule has 0 saturated carbocycles. The van der Waals surface area contributed by atoms with Gasteiger partial charge in [0, 0.05) is 11.6 Å². The number of carbonyl (C=O) groups is 1. The van der Waals surface area contributed by atoms with E-state index >= 15 is 0 Å². The summed E-state index contributed by atoms with van der Waals surface area (Å²) in [5, 5.41) is 8.94. The number of aryl methyl sites for hydroxylation is 1. The number of thioether (sulfide) groups is 1. The summed E-state index contributed by atoms with van der Waals surface area (Å²) in [6.45, 7) is 4.41. The highest BCUT2D eigenvalue weighted by Crippen LogP contribution is 2.29. The van der Waals surface area contributed by atoms with Gasteiger partial charge >= 0.3 is 0 Å². The molecule has 1 heterocycles. The molecule has 6 nitrogen and oxygen atoms in total. The van der Waals surface area contributed by atoms with Crippen molar-refractivity contribution in [1.29, 1.82) is 0 Å². The van der Waals surface area contributed by atoms with E-state index in [0.29, 0.717) is 23.2 Å². The standard InChI is InChI=1S/C21H23N3O3S/c1-14-7-5-6-8-17(14)13-24-20(25)15(2)28-21(24)23-22-12-16-9-10-18(26-3)11-19(16)27-4/h5-12,15H,13H2,1-4H3/b22-12-,23-21-/t15-/m0/s1. The lowest BCUT2D eigenvalue weighted by Gasteiger charge is -2.16. The predicted octanol–water partition coefficient (Wildman–Crippen LogP) is 3.87. The van der Waals surface area contributed by atoms with E-state index in [0.717, 1.165) is 16.7 Å². The van der Waals surface area contributed by atoms with Gasteiger partial charge in [0.15, 0.2) is 5.17 Å². The highest BCUT2D eigenvalue weighted by Gasteiger charge is 2.35. The van der Waals surface area contributed by atoms with Gasteiger partial charge in [-0.25, -0.2) is 0 Å². The summed E-state index contributed by atoms with van der Waals surface area (Å²) in [5.74, 6) is 1.39. The molecule has 0 aliphatic carbocycles. The van der Waals surface area contributed by atoms with Crippen LogP contribution in [-0.4, -0.2) is 41.7 Å². The van der Waals surface area contributed by atoms with Crippen LogP contribution in [0.25, 0.3) is 0 Å². The smallest absolute Gasteiger partial charge is 0.242 e. The van der Waals surface area contributed by atoms with Crippen molar-refractivity contribution < 1.29 is 14.3 Å². The minimum absolute atomic E-state index is 0.0456. The second kappa shape index (κ2) is 8.93. The zero-order valence-electron chi connectivity index (χ0n) is 16.4. The first-order valence-corrected chi connectivity index (χ1v) is 9.77. The number of amidine groups is 1. The van der Waals surface area contributed by atoms with Crippen molar-refractivity contribution in [3.63, 3.8) is 0 Å². The van der Waals surface area contributed by atoms with Gasteiger partial charge in [-0.1, -0.05) is 36.0 Å². The Kier molecular flexibility index (Phi) is 6.36. The first kappa shape index (κ1) is 19.9. The lowest BCUT2D eigenvalue weighted by atomic mass is 10.1. The third-order valence-electron chi connectivity index (χ3n) is 4.50. The number of amides is 1. The molecule has 1 aliphatic rings. The largest absolute Gasteiger partial charge is 0.497 e. The Hall–Kier alpha value is -2.80. The van der Waals surface area contributed by atoms with E-state index in [1.54, 1.807) is 31.4 Å². The number of ether oxygens (including phenoxy) is 2. The van der Waals surface area contributed by atoms with Crippen LogP contribution in [0, 0.1) is 6.92 Å². The van der Waals surface area contributed by atoms with Crippen LogP contribution in [-0.2, 0) is 11.3 Å². The fourth-order valence-electron chi connectivity index (χ4n) is 2.83. The Morgan fingerprint density at radius 2 is 1.96 bits per heavy atom. The van der Waals surface area contributed by atoms with Gasteiger partial charge in [0.2, 0.25) is 5.91 Å². The van der Waals surface area contributed by atoms with Crippen LogP contribution >= 0.6 is 11.8 Å². The molecule has 2 aromatic carbocycles. The van der Waals surface area contributed by atoms with Crippen molar-refractivity contribution in [2.45, 2.75) is 25.6 Å². The Morgan fingerprint density at radius 1 is 1.18 bits per heavy atom. The first-order valence-electron chi connectivity index (χ1n) is 8.89. The van der Waals surface area contributed by atoms with Crippen molar-refractivity contribution in [2.24, 2.45) is 10.2 Å². The Balaban J connectivity index is 1.82. The van der Waals surface area contributed by atoms with Gasteiger partial charge in [0.25, 0.3) is 0 Å². The van der Waals surface area contributed by atoms with Gasteiger partial charge < -0.3 is 9.47 Å². The summed E-state index contributed by atoms with van der Waals surface area (Å²) in [7, 11) is 3.20. The summed E-state index contributed by atoms with van der Waals surface area (Å²) in [4.78, 5) is 14.3. The van der Waals surface area contributed by atoms with E-state index in [2.05, 4.69) is 10.2 Å². The molecule has 146 valence electrons. The molecule has 0 aromatic heterocycles. The van der Waals surface area contributed by atoms with Crippen LogP contribution in [0.1, 0.15) is 23.6 Å². The molecule has 1 fully saturated rings. The van der Waals surface area contributed by atoms with Crippen LogP contribution in [0.2, 0.25) is 0 Å². The van der Waals surface area contributed by atoms with E-state index < -0.39 is 0 Å². The van der Waals surface area contributed by atoms with Crippen molar-refractivity contribution in [3.05, 3.63) is 59.2 Å². The molecule has 0 unspecified atom stereocenters. The van der Waals surface area contributed by atoms with Crippen LogP contribution in [0.5, 0.6) is 11.5 Å². The average Bonchev–Trinajstić information content (AvgIpc) is 2.97. The van der Waals surface area contributed by atoms with Crippen molar-refractivity contribution >= 4 is 29.1 Å². The number of methoxy groups -OCH3 is 2. The van der Waals surface area contributed by atoms with Gasteiger partial charge in [-0.3, -0.25) is 9.69 Å². The molecule has 0 N–H and O–H groups in total. The molecular formula is C21H23N3O3S. The van der Waals surface area contributed by atoms with E-state index in [9.17, 15) is 4.79 Å². The van der Waals surface area contributed by atoms with E-state index in [-0.39, 0.29) is 11.2 Å². The molecule has 7 heteroatoms. The minimum Gasteiger partial charge on any atom is -0.497 e. The summed E-state index contributed by atoms with van der Waals surface area (Å²) in [6.07, 6.45) is 1.62. The highest BCUT2D eigenvalue weighted by atomic mass is 32.2. The second-order valence-corrected chi connectivity index (χ2v) is 7.65. The fraction of sp³-hybridized carbons (Fsp3) is 0.286. The number of nitrogens with zero attached hydrogens (tertiary/aromatic N) is 3. The molecule has 1 aliphatic heterocycles. The van der Waals surface area contributed by atoms with E-state index in [1.165, 1.54) is 11.8 Å². The quantitative estimate of drug-likeness (QED) is 0.548. The van der Waals surface area contributed by atoms with Crippen LogP contribution < -0.4 is 9.47 Å². The van der Waals surface area contributed by atoms with Gasteiger partial charge in [-0.2, -0.15) is 5.10 Å². The third kappa shape index (κ3) is 4.36. The molecule has 0 spiro atoms. The lowest BCUT2D eigenvalue weighted by molar-refractivity contribution is -0.126. The molecule has 1 atom stereocenters. The zero-order valence-corrected chi connectivity index (χ0v) is 17.2. The molecular weight excluding hydrogens is 374 g/mol. The van der Waals surface area contributed by atoms with Crippen LogP contribution in [0.4, 0.5) is 0 Å². The molecule has 3 rings (SSSR count). The maximum atomic E-state index is 12.6. The highest BCUT2D eigenvalue weighted by molar-refractivity contribution is 8.15. The number of hydrogen-bond acceptors (Lipinski definition) is 6. The van der Waals surface area contributed by atoms with Gasteiger partial charge in [0.05, 0.1) is 32.2 Å². The van der Waals surface area contributed by atoms with Gasteiger partial charge in [-0.15, -0.1) is 5.10 Å². The van der Waals surface area contributed by atoms with Crippen molar-refractivity contribution in [1.82, 2.24) is 4.90 Å². The maximum Gasteiger partial charge on any atom is 0.242 e. The maximum absolute atomic E-state index is 12.6. The SMILES string of the molecule is COc1ccc(/C=N\N=C2/S[C@@H](C)C(=O)N2Cc2ccccc2C)c(OC)c1. The normalized spacial score (nSPS) is 18.3. The number of benzene rings is 2. The Morgan fingerprint density at radius 3 is 2.68 bits per heavy atom. The zero-order chi connectivity index (χ0) is 20.1. The third-order valence-corrected chi connectivity index (χ3v) is 5.57. The molecule has 28 heavy (non-hydrogen) atoms. The van der Waals surface area contributed by atoms with Crippen LogP contribution in [0.15, 0.2) is 52.7 Å². The topological polar surface area (TPSA) is 63.5 Å². The average molecular weight is 398 g/mol. The lowest BCUT2D eigenvalue weighted by Crippen LogP contribution is -2.31. The summed E-state index contributed by atoms with van der Waals surface area (Å²) < 4.78 is 10.6. The number of carbonyl (C=O) groups excluding carboxylic acids is 1. The Bertz CT molecular complexity index is 927. The van der Waals surface area contributed by atoms with Crippen molar-refractivity contribution in [2.75, 3.05) is 14.2 Å². The monoisotopic (exact) mass is 397 g/mol. The summed E-state index contributed by atoms with van der Waals surface area (Å²) in [6, 6.07) is 13.5. The fourth-order valence-corrected chi connectivity index (χ4v) is 3.75. The minimum atomic E-state index is -0.173. The Labute approximate surface area is 169 Å². The molecule has 1 amide bonds. The van der Waals surface area contributed by atoms with Crippen molar-refractivity contribution in [3.8, 4) is 11.5 Å². The second-order valence-electron chi connectivity index (χ2n) is 6.35. The summed E-state index contributed by atoms with van der Waals surface area (Å²) >= 11 is 1.42. The van der Waals surface area contributed by atoms with E-state index in [1.807, 2.05) is 50.2 Å². The van der Waals surface area contributed by atoms with Crippen LogP contribution in [0.3, 0.4) is 0 Å². The van der Waals surface area contributed by atoms with E-state index in [4.69, 9.17) is 9.47 Å². The molecule has 2 aromatic rings.